The normalized spacial score (nSPS) is 16.6. The van der Waals surface area contributed by atoms with Crippen LogP contribution in [0.3, 0.4) is 0 Å². The van der Waals surface area contributed by atoms with Crippen LogP contribution < -0.4 is 10.1 Å². The number of fused-ring (bicyclic) bond motifs is 1. The molecule has 0 saturated heterocycles. The van der Waals surface area contributed by atoms with Crippen molar-refractivity contribution in [1.29, 1.82) is 0 Å². The molecule has 2 aliphatic carbocycles. The first-order valence-electron chi connectivity index (χ1n) is 13.1. The third-order valence-corrected chi connectivity index (χ3v) is 7.13. The zero-order valence-electron chi connectivity index (χ0n) is 21.3. The van der Waals surface area contributed by atoms with Crippen molar-refractivity contribution in [3.63, 3.8) is 0 Å². The summed E-state index contributed by atoms with van der Waals surface area (Å²) in [4.78, 5) is 17.7. The van der Waals surface area contributed by atoms with Gasteiger partial charge in [0.05, 0.1) is 24.0 Å². The van der Waals surface area contributed by atoms with Gasteiger partial charge in [-0.25, -0.2) is 4.79 Å². The summed E-state index contributed by atoms with van der Waals surface area (Å²) in [5.74, 6) is 1.37. The number of amides is 1. The Labute approximate surface area is 212 Å². The Hall–Kier alpha value is -3.48. The third kappa shape index (κ3) is 5.06. The molecular weight excluding hydrogens is 454 g/mol. The number of rotatable bonds is 10. The number of aromatic nitrogens is 1. The summed E-state index contributed by atoms with van der Waals surface area (Å²) in [6, 6.07) is 14.6. The lowest BCUT2D eigenvalue weighted by atomic mass is 9.92. The molecule has 1 unspecified atom stereocenters. The lowest BCUT2D eigenvalue weighted by molar-refractivity contribution is 0.108. The van der Waals surface area contributed by atoms with Crippen LogP contribution in [0, 0.1) is 5.92 Å². The van der Waals surface area contributed by atoms with Gasteiger partial charge in [-0.1, -0.05) is 17.3 Å². The highest BCUT2D eigenvalue weighted by Crippen LogP contribution is 2.43. The first-order valence-corrected chi connectivity index (χ1v) is 13.1. The molecule has 1 aromatic heterocycles. The molecule has 3 aromatic rings. The van der Waals surface area contributed by atoms with Crippen LogP contribution in [0.15, 0.2) is 47.6 Å². The number of carbonyl (C=O) groups excluding carboxylic acids is 1. The van der Waals surface area contributed by atoms with E-state index in [4.69, 9.17) is 14.3 Å². The number of ether oxygens (including phenoxy) is 2. The number of benzene rings is 2. The molecule has 1 N–H and O–H groups in total. The molecule has 2 saturated carbocycles. The van der Waals surface area contributed by atoms with Crippen LogP contribution in [0.25, 0.3) is 22.2 Å². The van der Waals surface area contributed by atoms with E-state index in [2.05, 4.69) is 27.2 Å². The van der Waals surface area contributed by atoms with Crippen LogP contribution >= 0.6 is 0 Å². The lowest BCUT2D eigenvalue weighted by Gasteiger charge is -2.30. The summed E-state index contributed by atoms with van der Waals surface area (Å²) in [7, 11) is 0. The minimum absolute atomic E-state index is 0.0452. The fourth-order valence-corrected chi connectivity index (χ4v) is 4.88. The van der Waals surface area contributed by atoms with Gasteiger partial charge in [-0.15, -0.1) is 0 Å². The van der Waals surface area contributed by atoms with E-state index in [1.807, 2.05) is 57.3 Å². The summed E-state index contributed by atoms with van der Waals surface area (Å²) >= 11 is 0. The maximum Gasteiger partial charge on any atom is 0.411 e. The van der Waals surface area contributed by atoms with E-state index in [1.54, 1.807) is 0 Å². The molecule has 190 valence electrons. The van der Waals surface area contributed by atoms with E-state index in [1.165, 1.54) is 6.42 Å². The van der Waals surface area contributed by atoms with Crippen LogP contribution in [-0.4, -0.2) is 36.2 Å². The number of nitrogens with zero attached hydrogens (tertiary/aromatic N) is 2. The largest absolute Gasteiger partial charge is 0.494 e. The molecule has 0 radical (unpaired) electrons. The van der Waals surface area contributed by atoms with Crippen molar-refractivity contribution in [3.8, 4) is 17.0 Å². The van der Waals surface area contributed by atoms with Gasteiger partial charge in [0.1, 0.15) is 18.5 Å². The monoisotopic (exact) mass is 489 g/mol. The van der Waals surface area contributed by atoms with Crippen LogP contribution in [0.5, 0.6) is 5.75 Å². The highest BCUT2D eigenvalue weighted by atomic mass is 16.6. The average Bonchev–Trinajstić information content (AvgIpc) is 3.64. The van der Waals surface area contributed by atoms with E-state index in [9.17, 15) is 4.79 Å². The molecule has 7 heteroatoms. The summed E-state index contributed by atoms with van der Waals surface area (Å²) in [5.41, 5.74) is 5.02. The molecule has 7 nitrogen and oxygen atoms in total. The van der Waals surface area contributed by atoms with E-state index < -0.39 is 6.09 Å². The molecule has 2 fully saturated rings. The molecule has 2 aliphatic rings. The van der Waals surface area contributed by atoms with Gasteiger partial charge in [-0.3, -0.25) is 5.32 Å². The third-order valence-electron chi connectivity index (χ3n) is 7.13. The topological polar surface area (TPSA) is 74.1 Å². The standard InChI is InChI=1S/C29H35N3O4/c1-4-34-24-15-16-25-26(18-30-35-5-2)28(32(27(25)17-24)23-7-6-8-23)21-11-13-22(14-12-21)31-29(33)36-19(3)20-9-10-20/h11-20,23H,4-10H2,1-3H3,(H,31,33). The summed E-state index contributed by atoms with van der Waals surface area (Å²) < 4.78 is 13.8. The predicted molar refractivity (Wildman–Crippen MR) is 143 cm³/mol. The Balaban J connectivity index is 1.51. The fraction of sp³-hybridized carbons (Fsp3) is 0.448. The molecule has 0 bridgehead atoms. The number of hydrogen-bond acceptors (Lipinski definition) is 5. The maximum absolute atomic E-state index is 12.3. The fourth-order valence-electron chi connectivity index (χ4n) is 4.88. The van der Waals surface area contributed by atoms with E-state index in [0.717, 1.165) is 59.2 Å². The van der Waals surface area contributed by atoms with Crippen LogP contribution in [0.2, 0.25) is 0 Å². The zero-order valence-corrected chi connectivity index (χ0v) is 21.3. The van der Waals surface area contributed by atoms with Gasteiger partial charge in [-0.05, 0) is 88.6 Å². The van der Waals surface area contributed by atoms with Crippen molar-refractivity contribution in [1.82, 2.24) is 4.57 Å². The number of anilines is 1. The molecule has 0 aliphatic heterocycles. The Bertz CT molecular complexity index is 1240. The van der Waals surface area contributed by atoms with E-state index in [0.29, 0.717) is 30.9 Å². The molecule has 2 aromatic carbocycles. The van der Waals surface area contributed by atoms with Crippen molar-refractivity contribution in [2.45, 2.75) is 65.0 Å². The van der Waals surface area contributed by atoms with Crippen LogP contribution in [-0.2, 0) is 9.57 Å². The molecule has 36 heavy (non-hydrogen) atoms. The van der Waals surface area contributed by atoms with E-state index in [-0.39, 0.29) is 6.10 Å². The Morgan fingerprint density at radius 2 is 1.89 bits per heavy atom. The molecule has 0 spiro atoms. The van der Waals surface area contributed by atoms with Crippen molar-refractivity contribution in [2.75, 3.05) is 18.5 Å². The van der Waals surface area contributed by atoms with Gasteiger partial charge >= 0.3 is 6.09 Å². The second kappa shape index (κ2) is 10.6. The van der Waals surface area contributed by atoms with Gasteiger partial charge in [-0.2, -0.15) is 0 Å². The van der Waals surface area contributed by atoms with Crippen molar-refractivity contribution in [3.05, 3.63) is 48.0 Å². The second-order valence-corrected chi connectivity index (χ2v) is 9.63. The number of carbonyl (C=O) groups is 1. The minimum atomic E-state index is -0.404. The van der Waals surface area contributed by atoms with Gasteiger partial charge in [0.2, 0.25) is 0 Å². The van der Waals surface area contributed by atoms with Crippen LogP contribution in [0.1, 0.15) is 64.5 Å². The molecule has 5 rings (SSSR count). The molecule has 1 atom stereocenters. The summed E-state index contributed by atoms with van der Waals surface area (Å²) in [6.45, 7) is 7.02. The molecule has 1 heterocycles. The van der Waals surface area contributed by atoms with Crippen LogP contribution in [0.4, 0.5) is 10.5 Å². The van der Waals surface area contributed by atoms with Crippen molar-refractivity contribution < 1.29 is 19.1 Å². The Morgan fingerprint density at radius 1 is 1.11 bits per heavy atom. The second-order valence-electron chi connectivity index (χ2n) is 9.63. The van der Waals surface area contributed by atoms with Gasteiger partial charge < -0.3 is 18.9 Å². The van der Waals surface area contributed by atoms with Crippen molar-refractivity contribution >= 4 is 28.9 Å². The first-order chi connectivity index (χ1) is 17.6. The summed E-state index contributed by atoms with van der Waals surface area (Å²) in [6.07, 6.45) is 7.15. The van der Waals surface area contributed by atoms with Gasteiger partial charge in [0.25, 0.3) is 0 Å². The van der Waals surface area contributed by atoms with Gasteiger partial charge in [0, 0.05) is 28.7 Å². The Morgan fingerprint density at radius 3 is 2.53 bits per heavy atom. The number of oxime groups is 1. The smallest absolute Gasteiger partial charge is 0.411 e. The molecule has 1 amide bonds. The van der Waals surface area contributed by atoms with Crippen molar-refractivity contribution in [2.24, 2.45) is 11.1 Å². The number of nitrogens with one attached hydrogen (secondary N) is 1. The quantitative estimate of drug-likeness (QED) is 0.242. The SMILES string of the molecule is CCON=Cc1c(-c2ccc(NC(=O)OC(C)C3CC3)cc2)n(C2CCC2)c2cc(OCC)ccc12. The molecular formula is C29H35N3O4. The minimum Gasteiger partial charge on any atom is -0.494 e. The van der Waals surface area contributed by atoms with E-state index >= 15 is 0 Å². The summed E-state index contributed by atoms with van der Waals surface area (Å²) in [5, 5.41) is 8.21. The zero-order chi connectivity index (χ0) is 25.1. The van der Waals surface area contributed by atoms with Gasteiger partial charge in [0.15, 0.2) is 0 Å². The highest BCUT2D eigenvalue weighted by molar-refractivity contribution is 6.07. The average molecular weight is 490 g/mol. The first kappa shape index (κ1) is 24.2. The highest BCUT2D eigenvalue weighted by Gasteiger charge is 2.31. The predicted octanol–water partition coefficient (Wildman–Crippen LogP) is 7.15. The maximum atomic E-state index is 12.3. The Kier molecular flexibility index (Phi) is 7.16. The number of hydrogen-bond donors (Lipinski definition) is 1. The lowest BCUT2D eigenvalue weighted by Crippen LogP contribution is -2.21.